The fraction of sp³-hybridized carbons (Fsp3) is 1.00. The van der Waals surface area contributed by atoms with Crippen molar-refractivity contribution in [1.29, 1.82) is 0 Å². The van der Waals surface area contributed by atoms with Crippen molar-refractivity contribution in [3.05, 3.63) is 0 Å². The van der Waals surface area contributed by atoms with Gasteiger partial charge in [0.15, 0.2) is 11.8 Å². The van der Waals surface area contributed by atoms with Gasteiger partial charge in [0.25, 0.3) is 0 Å². The van der Waals surface area contributed by atoms with Crippen LogP contribution in [0.4, 0.5) is 0 Å². The van der Waals surface area contributed by atoms with Gasteiger partial charge in [0.2, 0.25) is 0 Å². The molecule has 2 saturated carbocycles. The first-order valence-electron chi connectivity index (χ1n) is 4.05. The van der Waals surface area contributed by atoms with Gasteiger partial charge >= 0.3 is 5.10 Å². The third kappa shape index (κ3) is 1.77. The van der Waals surface area contributed by atoms with Crippen molar-refractivity contribution < 1.29 is 0 Å². The van der Waals surface area contributed by atoms with Crippen molar-refractivity contribution in [3.63, 3.8) is 0 Å². The number of hydrogen-bond acceptors (Lipinski definition) is 2. The van der Waals surface area contributed by atoms with Crippen molar-refractivity contribution in [2.45, 2.75) is 36.9 Å². The predicted octanol–water partition coefficient (Wildman–Crippen LogP) is 3.76. The van der Waals surface area contributed by atoms with Gasteiger partial charge in [0.1, 0.15) is 11.4 Å². The molecule has 0 spiro atoms. The lowest BCUT2D eigenvalue weighted by molar-refractivity contribution is 0.501. The molecular weight excluding hydrogens is 211 g/mol. The van der Waals surface area contributed by atoms with Crippen LogP contribution in [0, 0.1) is 5.92 Å². The van der Waals surface area contributed by atoms with Crippen LogP contribution in [0.15, 0.2) is 0 Å². The summed E-state index contributed by atoms with van der Waals surface area (Å²) < 4.78 is 0.597. The predicted molar refractivity (Wildman–Crippen MR) is 60.2 cm³/mol. The first kappa shape index (κ1) is 8.80. The van der Waals surface area contributed by atoms with E-state index in [2.05, 4.69) is 12.2 Å². The summed E-state index contributed by atoms with van der Waals surface area (Å²) in [6.07, 6.45) is 7.18. The van der Waals surface area contributed by atoms with Gasteiger partial charge in [-0.1, -0.05) is 0 Å². The van der Waals surface area contributed by atoms with E-state index in [9.17, 15) is 0 Å². The summed E-state index contributed by atoms with van der Waals surface area (Å²) in [5.74, 6) is 1.04. The number of thiol groups is 1. The Morgan fingerprint density at radius 1 is 1.45 bits per heavy atom. The van der Waals surface area contributed by atoms with Gasteiger partial charge < -0.3 is 0 Å². The normalized spacial score (nSPS) is 43.0. The number of rotatable bonds is 2. The molecule has 1 unspecified atom stereocenters. The van der Waals surface area contributed by atoms with Gasteiger partial charge in [0.05, 0.1) is 17.0 Å². The molecule has 0 aromatic heterocycles. The fourth-order valence-electron chi connectivity index (χ4n) is 2.43. The van der Waals surface area contributed by atoms with E-state index in [-0.39, 0.29) is 0 Å². The van der Waals surface area contributed by atoms with Crippen molar-refractivity contribution in [2.75, 3.05) is 0 Å². The summed E-state index contributed by atoms with van der Waals surface area (Å²) in [5, 5.41) is -0.445. The van der Waals surface area contributed by atoms with Gasteiger partial charge in [0, 0.05) is 0 Å². The highest BCUT2D eigenvalue weighted by atomic mass is 33.2. The van der Waals surface area contributed by atoms with Gasteiger partial charge in [-0.3, -0.25) is 0 Å². The number of fused-ring (bicyclic) bond motifs is 2. The molecule has 62 valence electrons. The lowest BCUT2D eigenvalue weighted by Crippen LogP contribution is -2.14. The average molecular weight is 223 g/mol. The van der Waals surface area contributed by atoms with Crippen molar-refractivity contribution >= 4 is 40.5 Å². The maximum Gasteiger partial charge on any atom is 0.314 e. The molecule has 2 bridgehead atoms. The smallest absolute Gasteiger partial charge is 0.0489 e. The van der Waals surface area contributed by atoms with E-state index in [0.717, 1.165) is 5.92 Å². The lowest BCUT2D eigenvalue weighted by atomic mass is 10.0. The van der Waals surface area contributed by atoms with Crippen molar-refractivity contribution in [1.82, 2.24) is 0 Å². The molecule has 0 radical (unpaired) electrons. The highest BCUT2D eigenvalue weighted by molar-refractivity contribution is 8.90. The third-order valence-electron chi connectivity index (χ3n) is 2.95. The summed E-state index contributed by atoms with van der Waals surface area (Å²) >= 11 is 11.5. The van der Waals surface area contributed by atoms with E-state index < -0.39 is 5.10 Å². The van der Waals surface area contributed by atoms with Crippen molar-refractivity contribution in [3.8, 4) is 0 Å². The van der Waals surface area contributed by atoms with E-state index in [0.29, 0.717) is 4.75 Å². The Kier molecular flexibility index (Phi) is 2.54. The second-order valence-electron chi connectivity index (χ2n) is 3.66. The molecule has 1 atom stereocenters. The zero-order valence-electron chi connectivity index (χ0n) is 6.32. The van der Waals surface area contributed by atoms with E-state index in [4.69, 9.17) is 11.8 Å². The van der Waals surface area contributed by atoms with E-state index >= 15 is 0 Å². The molecule has 0 N–H and O–H groups in total. The van der Waals surface area contributed by atoms with Crippen LogP contribution in [0.2, 0.25) is 0 Å². The van der Waals surface area contributed by atoms with Crippen LogP contribution in [0.25, 0.3) is 0 Å². The van der Waals surface area contributed by atoms with Crippen LogP contribution in [0.1, 0.15) is 32.1 Å². The molecule has 4 heteroatoms. The molecule has 2 aliphatic rings. The molecular formula is C7H12PS3+. The summed E-state index contributed by atoms with van der Waals surface area (Å²) in [6.45, 7) is 0. The Morgan fingerprint density at radius 3 is 2.45 bits per heavy atom. The molecule has 0 nitrogen and oxygen atoms in total. The monoisotopic (exact) mass is 223 g/mol. The molecule has 2 rings (SSSR count). The largest absolute Gasteiger partial charge is 0.314 e. The Balaban J connectivity index is 2.05. The van der Waals surface area contributed by atoms with Crippen molar-refractivity contribution in [2.24, 2.45) is 5.92 Å². The van der Waals surface area contributed by atoms with Crippen LogP contribution < -0.4 is 0 Å². The number of hydrogen-bond donors (Lipinski definition) is 1. The first-order valence-corrected chi connectivity index (χ1v) is 8.98. The quantitative estimate of drug-likeness (QED) is 0.559. The SMILES string of the molecule is S=[P+](S)SC12CCC(CC1)C2. The lowest BCUT2D eigenvalue weighted by Gasteiger charge is -2.18. The minimum atomic E-state index is -0.445. The highest BCUT2D eigenvalue weighted by Gasteiger charge is 2.49. The molecule has 11 heavy (non-hydrogen) atoms. The molecule has 0 saturated heterocycles. The summed E-state index contributed by atoms with van der Waals surface area (Å²) in [7, 11) is 0. The van der Waals surface area contributed by atoms with E-state index in [1.165, 1.54) is 32.1 Å². The Labute approximate surface area is 83.2 Å². The van der Waals surface area contributed by atoms with Crippen LogP contribution in [0.5, 0.6) is 0 Å². The van der Waals surface area contributed by atoms with Crippen LogP contribution in [-0.4, -0.2) is 4.75 Å². The zero-order valence-corrected chi connectivity index (χ0v) is 9.75. The minimum absolute atomic E-state index is 0.445. The van der Waals surface area contributed by atoms with Gasteiger partial charge in [-0.2, -0.15) is 0 Å². The highest BCUT2D eigenvalue weighted by Crippen LogP contribution is 2.63. The third-order valence-corrected chi connectivity index (χ3v) is 7.10. The van der Waals surface area contributed by atoms with Crippen LogP contribution >= 0.6 is 28.7 Å². The Hall–Kier alpha value is 1.22. The second kappa shape index (κ2) is 3.17. The summed E-state index contributed by atoms with van der Waals surface area (Å²) in [5.41, 5.74) is 0. The Bertz CT molecular complexity index is 184. The maximum atomic E-state index is 5.16. The van der Waals surface area contributed by atoms with Gasteiger partial charge in [-0.15, -0.1) is 0 Å². The van der Waals surface area contributed by atoms with E-state index in [1.807, 2.05) is 11.4 Å². The fourth-order valence-corrected chi connectivity index (χ4v) is 8.24. The van der Waals surface area contributed by atoms with Gasteiger partial charge in [-0.05, 0) is 38.0 Å². The molecule has 2 fully saturated rings. The molecule has 2 aliphatic carbocycles. The van der Waals surface area contributed by atoms with Crippen LogP contribution in [-0.2, 0) is 11.8 Å². The molecule has 0 aromatic rings. The maximum absolute atomic E-state index is 5.16. The second-order valence-corrected chi connectivity index (χ2v) is 11.4. The summed E-state index contributed by atoms with van der Waals surface area (Å²) in [6, 6.07) is 0. The minimum Gasteiger partial charge on any atom is -0.0489 e. The molecule has 0 aliphatic heterocycles. The van der Waals surface area contributed by atoms with E-state index in [1.54, 1.807) is 0 Å². The molecule has 0 aromatic carbocycles. The Morgan fingerprint density at radius 2 is 2.09 bits per heavy atom. The molecule has 0 amide bonds. The van der Waals surface area contributed by atoms with Crippen LogP contribution in [0.3, 0.4) is 0 Å². The first-order chi connectivity index (χ1) is 5.20. The van der Waals surface area contributed by atoms with Gasteiger partial charge in [-0.25, -0.2) is 0 Å². The average Bonchev–Trinajstić information content (AvgIpc) is 2.43. The standard InChI is InChI=1S/C7H11PS3/c9-8(10)11-7-3-1-6(5-7)2-4-7/h6H,1-5H2/p+1. The topological polar surface area (TPSA) is 0 Å². The molecule has 0 heterocycles. The summed E-state index contributed by atoms with van der Waals surface area (Å²) in [4.78, 5) is 0. The zero-order chi connectivity index (χ0) is 7.90.